The summed E-state index contributed by atoms with van der Waals surface area (Å²) in [6, 6.07) is 0.848. The van der Waals surface area contributed by atoms with E-state index in [1.807, 2.05) is 4.90 Å². The molecule has 3 unspecified atom stereocenters. The third-order valence-corrected chi connectivity index (χ3v) is 5.87. The predicted molar refractivity (Wildman–Crippen MR) is 106 cm³/mol. The second kappa shape index (κ2) is 9.79. The quantitative estimate of drug-likeness (QED) is 0.778. The van der Waals surface area contributed by atoms with Gasteiger partial charge in [-0.2, -0.15) is 0 Å². The topological polar surface area (TPSA) is 64.7 Å². The summed E-state index contributed by atoms with van der Waals surface area (Å²) in [6.45, 7) is 8.41. The maximum atomic E-state index is 13.0. The van der Waals surface area contributed by atoms with Crippen LogP contribution in [-0.2, 0) is 4.79 Å². The van der Waals surface area contributed by atoms with Gasteiger partial charge in [0.15, 0.2) is 0 Å². The Morgan fingerprint density at radius 3 is 2.69 bits per heavy atom. The Balaban J connectivity index is 0.00000243. The molecule has 0 aromatic heterocycles. The smallest absolute Gasteiger partial charge is 0.317 e. The Morgan fingerprint density at radius 2 is 1.92 bits per heavy atom. The van der Waals surface area contributed by atoms with Crippen LogP contribution in [0.4, 0.5) is 4.79 Å². The number of rotatable bonds is 4. The van der Waals surface area contributed by atoms with Crippen LogP contribution in [0, 0.1) is 11.8 Å². The minimum Gasteiger partial charge on any atom is -0.338 e. The van der Waals surface area contributed by atoms with Crippen molar-refractivity contribution < 1.29 is 9.59 Å². The number of halogens is 1. The fourth-order valence-electron chi connectivity index (χ4n) is 4.56. The van der Waals surface area contributed by atoms with E-state index in [9.17, 15) is 9.59 Å². The van der Waals surface area contributed by atoms with Gasteiger partial charge in [-0.1, -0.05) is 13.8 Å². The van der Waals surface area contributed by atoms with Gasteiger partial charge >= 0.3 is 6.03 Å². The summed E-state index contributed by atoms with van der Waals surface area (Å²) in [5.41, 5.74) is 0. The van der Waals surface area contributed by atoms with Gasteiger partial charge in [0.2, 0.25) is 5.91 Å². The van der Waals surface area contributed by atoms with Gasteiger partial charge in [-0.05, 0) is 50.5 Å². The number of hydrogen-bond acceptors (Lipinski definition) is 3. The number of nitrogens with one attached hydrogen (secondary N) is 2. The Hall–Kier alpha value is -1.01. The van der Waals surface area contributed by atoms with Gasteiger partial charge in [0, 0.05) is 44.7 Å². The van der Waals surface area contributed by atoms with Crippen molar-refractivity contribution in [1.82, 2.24) is 20.4 Å². The molecule has 150 valence electrons. The number of carbonyl (C=O) groups is 2. The lowest BCUT2D eigenvalue weighted by atomic mass is 9.94. The summed E-state index contributed by atoms with van der Waals surface area (Å²) in [6.07, 6.45) is 6.03. The first kappa shape index (κ1) is 21.3. The molecular formula is C19H35ClN4O2. The van der Waals surface area contributed by atoms with E-state index in [0.29, 0.717) is 42.8 Å². The summed E-state index contributed by atoms with van der Waals surface area (Å²) in [5, 5.41) is 6.46. The molecule has 3 aliphatic rings. The second-order valence-electron chi connectivity index (χ2n) is 8.42. The van der Waals surface area contributed by atoms with Gasteiger partial charge in [0.05, 0.1) is 0 Å². The van der Waals surface area contributed by atoms with Crippen LogP contribution in [0.1, 0.15) is 52.4 Å². The maximum Gasteiger partial charge on any atom is 0.317 e. The van der Waals surface area contributed by atoms with Crippen LogP contribution in [0.15, 0.2) is 0 Å². The average Bonchev–Trinajstić information content (AvgIpc) is 2.85. The summed E-state index contributed by atoms with van der Waals surface area (Å²) in [5.74, 6) is 1.07. The first-order chi connectivity index (χ1) is 12.0. The standard InChI is InChI=1S/C19H34N4O2.ClH/c1-14(2)11-21-19(25)22-9-3-4-15(13-22)10-18(24)23-16-5-6-17(23)12-20-8-7-16;/h14-17,20H,3-13H2,1-2H3,(H,21,25);1H. The normalized spacial score (nSPS) is 28.5. The number of piperidine rings is 1. The van der Waals surface area contributed by atoms with Crippen molar-refractivity contribution in [3.8, 4) is 0 Å². The van der Waals surface area contributed by atoms with Crippen LogP contribution >= 0.6 is 12.4 Å². The molecule has 3 heterocycles. The molecule has 0 radical (unpaired) electrons. The van der Waals surface area contributed by atoms with E-state index in [-0.39, 0.29) is 18.4 Å². The zero-order chi connectivity index (χ0) is 17.8. The highest BCUT2D eigenvalue weighted by Gasteiger charge is 2.38. The summed E-state index contributed by atoms with van der Waals surface area (Å²) in [7, 11) is 0. The van der Waals surface area contributed by atoms with E-state index in [4.69, 9.17) is 0 Å². The number of carbonyl (C=O) groups excluding carboxylic acids is 2. The summed E-state index contributed by atoms with van der Waals surface area (Å²) in [4.78, 5) is 29.3. The first-order valence-corrected chi connectivity index (χ1v) is 10.1. The zero-order valence-electron chi connectivity index (χ0n) is 16.2. The van der Waals surface area contributed by atoms with Crippen molar-refractivity contribution in [2.24, 2.45) is 11.8 Å². The van der Waals surface area contributed by atoms with Gasteiger partial charge in [0.1, 0.15) is 0 Å². The fraction of sp³-hybridized carbons (Fsp3) is 0.895. The molecule has 0 spiro atoms. The molecule has 3 saturated heterocycles. The Kier molecular flexibility index (Phi) is 8.02. The van der Waals surface area contributed by atoms with Gasteiger partial charge in [0.25, 0.3) is 0 Å². The lowest BCUT2D eigenvalue weighted by molar-refractivity contribution is -0.135. The molecule has 0 aromatic rings. The number of hydrogen-bond donors (Lipinski definition) is 2. The van der Waals surface area contributed by atoms with Crippen LogP contribution in [0.25, 0.3) is 0 Å². The van der Waals surface area contributed by atoms with Crippen molar-refractivity contribution in [3.63, 3.8) is 0 Å². The van der Waals surface area contributed by atoms with Crippen LogP contribution in [-0.4, -0.2) is 66.5 Å². The Morgan fingerprint density at radius 1 is 1.15 bits per heavy atom. The molecule has 3 aliphatic heterocycles. The fourth-order valence-corrected chi connectivity index (χ4v) is 4.56. The molecule has 2 N–H and O–H groups in total. The lowest BCUT2D eigenvalue weighted by Crippen LogP contribution is -2.48. The summed E-state index contributed by atoms with van der Waals surface area (Å²) >= 11 is 0. The van der Waals surface area contributed by atoms with E-state index in [1.54, 1.807) is 0 Å². The number of amides is 3. The molecule has 3 rings (SSSR count). The Bertz CT molecular complexity index is 474. The van der Waals surface area contributed by atoms with E-state index in [1.165, 1.54) is 0 Å². The van der Waals surface area contributed by atoms with Crippen molar-refractivity contribution in [1.29, 1.82) is 0 Å². The van der Waals surface area contributed by atoms with Gasteiger partial charge in [-0.25, -0.2) is 4.79 Å². The molecular weight excluding hydrogens is 352 g/mol. The van der Waals surface area contributed by atoms with E-state index >= 15 is 0 Å². The minimum atomic E-state index is 0. The molecule has 2 bridgehead atoms. The van der Waals surface area contributed by atoms with E-state index in [2.05, 4.69) is 29.4 Å². The van der Waals surface area contributed by atoms with Crippen molar-refractivity contribution in [2.45, 2.75) is 64.5 Å². The monoisotopic (exact) mass is 386 g/mol. The molecule has 3 amide bonds. The molecule has 0 aromatic carbocycles. The largest absolute Gasteiger partial charge is 0.338 e. The minimum absolute atomic E-state index is 0. The SMILES string of the molecule is CC(C)CNC(=O)N1CCCC(CC(=O)N2C3CCNCC2CC3)C1.Cl. The molecule has 0 aliphatic carbocycles. The zero-order valence-corrected chi connectivity index (χ0v) is 17.0. The van der Waals surface area contributed by atoms with Crippen LogP contribution in [0.3, 0.4) is 0 Å². The number of nitrogens with zero attached hydrogens (tertiary/aromatic N) is 2. The Labute approximate surface area is 163 Å². The van der Waals surface area contributed by atoms with Gasteiger partial charge < -0.3 is 20.4 Å². The molecule has 3 atom stereocenters. The molecule has 0 saturated carbocycles. The highest BCUT2D eigenvalue weighted by Crippen LogP contribution is 2.30. The predicted octanol–water partition coefficient (Wildman–Crippen LogP) is 2.23. The van der Waals surface area contributed by atoms with Gasteiger partial charge in [-0.15, -0.1) is 12.4 Å². The van der Waals surface area contributed by atoms with Gasteiger partial charge in [-0.3, -0.25) is 4.79 Å². The number of likely N-dealkylation sites (tertiary alicyclic amines) is 1. The second-order valence-corrected chi connectivity index (χ2v) is 8.42. The van der Waals surface area contributed by atoms with Crippen molar-refractivity contribution >= 4 is 24.3 Å². The van der Waals surface area contributed by atoms with Crippen molar-refractivity contribution in [3.05, 3.63) is 0 Å². The molecule has 3 fully saturated rings. The van der Waals surface area contributed by atoms with E-state index < -0.39 is 0 Å². The highest BCUT2D eigenvalue weighted by atomic mass is 35.5. The van der Waals surface area contributed by atoms with Crippen LogP contribution in [0.5, 0.6) is 0 Å². The molecule has 26 heavy (non-hydrogen) atoms. The molecule has 7 heteroatoms. The molecule has 6 nitrogen and oxygen atoms in total. The third-order valence-electron chi connectivity index (χ3n) is 5.87. The maximum absolute atomic E-state index is 13.0. The first-order valence-electron chi connectivity index (χ1n) is 10.1. The number of fused-ring (bicyclic) bond motifs is 2. The van der Waals surface area contributed by atoms with Crippen LogP contribution in [0.2, 0.25) is 0 Å². The number of urea groups is 1. The van der Waals surface area contributed by atoms with E-state index in [0.717, 1.165) is 58.3 Å². The highest BCUT2D eigenvalue weighted by molar-refractivity contribution is 5.85. The lowest BCUT2D eigenvalue weighted by Gasteiger charge is -2.35. The van der Waals surface area contributed by atoms with Crippen LogP contribution < -0.4 is 10.6 Å². The average molecular weight is 387 g/mol. The van der Waals surface area contributed by atoms with Crippen molar-refractivity contribution in [2.75, 3.05) is 32.7 Å². The third kappa shape index (κ3) is 5.26. The summed E-state index contributed by atoms with van der Waals surface area (Å²) < 4.78 is 0.